The van der Waals surface area contributed by atoms with E-state index in [9.17, 15) is 0 Å². The lowest BCUT2D eigenvalue weighted by atomic mass is 9.79. The molecule has 0 amide bonds. The van der Waals surface area contributed by atoms with Crippen molar-refractivity contribution >= 4 is 0 Å². The quantitative estimate of drug-likeness (QED) is 0.858. The molecular weight excluding hydrogens is 238 g/mol. The highest BCUT2D eigenvalue weighted by Crippen LogP contribution is 2.40. The number of aromatic nitrogens is 2. The van der Waals surface area contributed by atoms with E-state index in [1.807, 2.05) is 13.3 Å². The molecule has 0 unspecified atom stereocenters. The van der Waals surface area contributed by atoms with Gasteiger partial charge in [-0.05, 0) is 44.4 Å². The van der Waals surface area contributed by atoms with Crippen LogP contribution in [0.3, 0.4) is 0 Å². The Labute approximate surface area is 115 Å². The fourth-order valence-electron chi connectivity index (χ4n) is 2.99. The molecule has 2 fully saturated rings. The van der Waals surface area contributed by atoms with E-state index in [-0.39, 0.29) is 5.60 Å². The van der Waals surface area contributed by atoms with Crippen LogP contribution in [0.5, 0.6) is 0 Å². The molecule has 106 valence electrons. The van der Waals surface area contributed by atoms with Crippen molar-refractivity contribution in [3.63, 3.8) is 0 Å². The Morgan fingerprint density at radius 1 is 1.37 bits per heavy atom. The van der Waals surface area contributed by atoms with Crippen LogP contribution in [0, 0.1) is 5.92 Å². The van der Waals surface area contributed by atoms with E-state index in [4.69, 9.17) is 4.74 Å². The highest BCUT2D eigenvalue weighted by atomic mass is 16.5. The highest BCUT2D eigenvalue weighted by Gasteiger charge is 2.38. The molecule has 1 heterocycles. The topological polar surface area (TPSA) is 49.9 Å². The second kappa shape index (κ2) is 5.25. The van der Waals surface area contributed by atoms with E-state index in [0.717, 1.165) is 37.2 Å². The van der Waals surface area contributed by atoms with Crippen LogP contribution in [-0.4, -0.2) is 23.1 Å². The minimum absolute atomic E-state index is 0.176. The Balaban J connectivity index is 1.68. The molecule has 0 atom stereocenters. The van der Waals surface area contributed by atoms with Crippen molar-refractivity contribution in [2.24, 2.45) is 5.92 Å². The van der Waals surface area contributed by atoms with Gasteiger partial charge in [-0.1, -0.05) is 6.92 Å². The first-order chi connectivity index (χ1) is 9.22. The van der Waals surface area contributed by atoms with Crippen LogP contribution in [0.25, 0.3) is 0 Å². The SMILES string of the molecule is COC1(c2ncc(CNC3CC3)[nH]2)CCC(C)CC1. The van der Waals surface area contributed by atoms with Gasteiger partial charge in [-0.3, -0.25) is 0 Å². The first kappa shape index (κ1) is 13.1. The largest absolute Gasteiger partial charge is 0.370 e. The number of nitrogens with zero attached hydrogens (tertiary/aromatic N) is 1. The molecule has 0 saturated heterocycles. The van der Waals surface area contributed by atoms with E-state index >= 15 is 0 Å². The van der Waals surface area contributed by atoms with Gasteiger partial charge in [-0.25, -0.2) is 4.98 Å². The summed E-state index contributed by atoms with van der Waals surface area (Å²) in [6.45, 7) is 3.22. The summed E-state index contributed by atoms with van der Waals surface area (Å²) in [5.41, 5.74) is 1.00. The highest BCUT2D eigenvalue weighted by molar-refractivity contribution is 5.10. The third-order valence-corrected chi connectivity index (χ3v) is 4.69. The molecule has 3 rings (SSSR count). The lowest BCUT2D eigenvalue weighted by Gasteiger charge is -2.36. The van der Waals surface area contributed by atoms with Crippen molar-refractivity contribution in [2.75, 3.05) is 7.11 Å². The summed E-state index contributed by atoms with van der Waals surface area (Å²) in [4.78, 5) is 8.06. The number of nitrogens with one attached hydrogen (secondary N) is 2. The zero-order chi connectivity index (χ0) is 13.3. The summed E-state index contributed by atoms with van der Waals surface area (Å²) >= 11 is 0. The monoisotopic (exact) mass is 263 g/mol. The minimum Gasteiger partial charge on any atom is -0.370 e. The van der Waals surface area contributed by atoms with Gasteiger partial charge in [0.15, 0.2) is 0 Å². The Morgan fingerprint density at radius 2 is 2.11 bits per heavy atom. The molecule has 4 heteroatoms. The molecule has 0 aliphatic heterocycles. The van der Waals surface area contributed by atoms with E-state index < -0.39 is 0 Å². The minimum atomic E-state index is -0.176. The molecule has 2 aliphatic carbocycles. The van der Waals surface area contributed by atoms with E-state index in [1.54, 1.807) is 0 Å². The fourth-order valence-corrected chi connectivity index (χ4v) is 2.99. The fraction of sp³-hybridized carbons (Fsp3) is 0.800. The summed E-state index contributed by atoms with van der Waals surface area (Å²) in [5, 5.41) is 3.51. The predicted octanol–water partition coefficient (Wildman–Crippen LogP) is 2.71. The van der Waals surface area contributed by atoms with E-state index in [0.29, 0.717) is 0 Å². The summed E-state index contributed by atoms with van der Waals surface area (Å²) in [6.07, 6.45) is 9.21. The second-order valence-corrected chi connectivity index (χ2v) is 6.29. The molecule has 19 heavy (non-hydrogen) atoms. The zero-order valence-electron chi connectivity index (χ0n) is 12.0. The number of imidazole rings is 1. The van der Waals surface area contributed by atoms with Gasteiger partial charge in [0, 0.05) is 31.6 Å². The molecule has 1 aromatic heterocycles. The van der Waals surface area contributed by atoms with Gasteiger partial charge in [0.2, 0.25) is 0 Å². The molecule has 2 saturated carbocycles. The summed E-state index contributed by atoms with van der Waals surface area (Å²) in [7, 11) is 1.82. The Morgan fingerprint density at radius 3 is 2.74 bits per heavy atom. The van der Waals surface area contributed by atoms with Gasteiger partial charge in [0.25, 0.3) is 0 Å². The van der Waals surface area contributed by atoms with Crippen molar-refractivity contribution in [1.82, 2.24) is 15.3 Å². The molecule has 1 aromatic rings. The van der Waals surface area contributed by atoms with Gasteiger partial charge < -0.3 is 15.0 Å². The maximum atomic E-state index is 5.85. The smallest absolute Gasteiger partial charge is 0.138 e. The van der Waals surface area contributed by atoms with Crippen molar-refractivity contribution in [2.45, 2.75) is 63.6 Å². The number of hydrogen-bond acceptors (Lipinski definition) is 3. The molecular formula is C15H25N3O. The van der Waals surface area contributed by atoms with Crippen molar-refractivity contribution in [1.29, 1.82) is 0 Å². The maximum Gasteiger partial charge on any atom is 0.138 e. The summed E-state index contributed by atoms with van der Waals surface area (Å²) in [6, 6.07) is 0.735. The van der Waals surface area contributed by atoms with Gasteiger partial charge >= 0.3 is 0 Å². The molecule has 0 bridgehead atoms. The third-order valence-electron chi connectivity index (χ3n) is 4.69. The Hall–Kier alpha value is -0.870. The van der Waals surface area contributed by atoms with Crippen LogP contribution >= 0.6 is 0 Å². The first-order valence-electron chi connectivity index (χ1n) is 7.55. The lowest BCUT2D eigenvalue weighted by molar-refractivity contribution is -0.0592. The van der Waals surface area contributed by atoms with Gasteiger partial charge in [-0.15, -0.1) is 0 Å². The zero-order valence-corrected chi connectivity index (χ0v) is 12.0. The number of aromatic amines is 1. The van der Waals surface area contributed by atoms with Crippen LogP contribution in [0.1, 0.15) is 57.0 Å². The lowest BCUT2D eigenvalue weighted by Crippen LogP contribution is -2.34. The van der Waals surface area contributed by atoms with Crippen LogP contribution in [-0.2, 0) is 16.9 Å². The molecule has 2 N–H and O–H groups in total. The average Bonchev–Trinajstić information content (AvgIpc) is 3.15. The molecule has 2 aliphatic rings. The summed E-state index contributed by atoms with van der Waals surface area (Å²) in [5.74, 6) is 1.84. The normalized spacial score (nSPS) is 31.6. The van der Waals surface area contributed by atoms with Crippen LogP contribution in [0.4, 0.5) is 0 Å². The van der Waals surface area contributed by atoms with Crippen molar-refractivity contribution in [3.05, 3.63) is 17.7 Å². The molecule has 0 aromatic carbocycles. The Bertz CT molecular complexity index is 417. The second-order valence-electron chi connectivity index (χ2n) is 6.29. The van der Waals surface area contributed by atoms with E-state index in [1.165, 1.54) is 31.4 Å². The van der Waals surface area contributed by atoms with Crippen LogP contribution in [0.15, 0.2) is 6.20 Å². The standard InChI is InChI=1S/C15H25N3O/c1-11-5-7-15(19-2,8-6-11)14-17-10-13(18-14)9-16-12-3-4-12/h10-12,16H,3-9H2,1-2H3,(H,17,18). The third kappa shape index (κ3) is 2.84. The first-order valence-corrected chi connectivity index (χ1v) is 7.55. The van der Waals surface area contributed by atoms with Gasteiger partial charge in [0.05, 0.1) is 0 Å². The number of H-pyrrole nitrogens is 1. The van der Waals surface area contributed by atoms with Crippen LogP contribution < -0.4 is 5.32 Å². The van der Waals surface area contributed by atoms with Crippen molar-refractivity contribution < 1.29 is 4.74 Å². The average molecular weight is 263 g/mol. The van der Waals surface area contributed by atoms with Gasteiger partial charge in [-0.2, -0.15) is 0 Å². The van der Waals surface area contributed by atoms with E-state index in [2.05, 4.69) is 22.2 Å². The molecule has 4 nitrogen and oxygen atoms in total. The maximum absolute atomic E-state index is 5.85. The molecule has 0 radical (unpaired) electrons. The number of rotatable bonds is 5. The molecule has 0 spiro atoms. The number of hydrogen-bond donors (Lipinski definition) is 2. The van der Waals surface area contributed by atoms with Crippen LogP contribution in [0.2, 0.25) is 0 Å². The number of methoxy groups -OCH3 is 1. The van der Waals surface area contributed by atoms with Gasteiger partial charge in [0.1, 0.15) is 11.4 Å². The summed E-state index contributed by atoms with van der Waals surface area (Å²) < 4.78 is 5.85. The van der Waals surface area contributed by atoms with Crippen molar-refractivity contribution in [3.8, 4) is 0 Å². The Kier molecular flexibility index (Phi) is 3.63. The predicted molar refractivity (Wildman–Crippen MR) is 74.8 cm³/mol. The number of ether oxygens (including phenoxy) is 1.